The number of nitrogens with one attached hydrogen (secondary N) is 1. The molecule has 0 aliphatic carbocycles. The number of pyridine rings is 1. The summed E-state index contributed by atoms with van der Waals surface area (Å²) in [6, 6.07) is 16.5. The number of benzene rings is 2. The van der Waals surface area contributed by atoms with Crippen molar-refractivity contribution in [2.24, 2.45) is 0 Å². The van der Waals surface area contributed by atoms with Crippen molar-refractivity contribution < 1.29 is 9.53 Å². The summed E-state index contributed by atoms with van der Waals surface area (Å²) >= 11 is 0. The van der Waals surface area contributed by atoms with Crippen LogP contribution in [0.5, 0.6) is 5.75 Å². The Morgan fingerprint density at radius 3 is 2.62 bits per heavy atom. The molecule has 1 aromatic heterocycles. The Morgan fingerprint density at radius 2 is 1.83 bits per heavy atom. The van der Waals surface area contributed by atoms with Gasteiger partial charge >= 0.3 is 0 Å². The van der Waals surface area contributed by atoms with Gasteiger partial charge in [-0.1, -0.05) is 30.3 Å². The molecular weight excluding hydrogens is 304 g/mol. The summed E-state index contributed by atoms with van der Waals surface area (Å²) in [6.07, 6.45) is 0. The minimum Gasteiger partial charge on any atom is -0.495 e. The van der Waals surface area contributed by atoms with Gasteiger partial charge in [0.25, 0.3) is 5.56 Å². The molecule has 5 nitrogen and oxygen atoms in total. The summed E-state index contributed by atoms with van der Waals surface area (Å²) in [7, 11) is 1.55. The van der Waals surface area contributed by atoms with Crippen molar-refractivity contribution in [1.29, 1.82) is 0 Å². The molecule has 3 rings (SSSR count). The molecule has 122 valence electrons. The normalized spacial score (nSPS) is 10.6. The second kappa shape index (κ2) is 6.58. The van der Waals surface area contributed by atoms with Crippen LogP contribution in [0.15, 0.2) is 59.4 Å². The molecule has 1 amide bonds. The molecule has 0 aliphatic heterocycles. The summed E-state index contributed by atoms with van der Waals surface area (Å²) in [4.78, 5) is 24.9. The summed E-state index contributed by atoms with van der Waals surface area (Å²) in [5, 5.41) is 3.73. The van der Waals surface area contributed by atoms with Crippen molar-refractivity contribution >= 4 is 22.5 Å². The average Bonchev–Trinajstić information content (AvgIpc) is 2.59. The molecule has 0 spiro atoms. The zero-order valence-electron chi connectivity index (χ0n) is 13.6. The Labute approximate surface area is 139 Å². The first-order valence-electron chi connectivity index (χ1n) is 7.62. The van der Waals surface area contributed by atoms with Gasteiger partial charge in [-0.25, -0.2) is 0 Å². The molecule has 1 heterocycles. The van der Waals surface area contributed by atoms with E-state index in [1.165, 1.54) is 4.57 Å². The van der Waals surface area contributed by atoms with Crippen LogP contribution in [-0.2, 0) is 11.3 Å². The molecule has 5 heteroatoms. The predicted octanol–water partition coefficient (Wildman–Crippen LogP) is 2.96. The Morgan fingerprint density at radius 1 is 1.12 bits per heavy atom. The lowest BCUT2D eigenvalue weighted by Crippen LogP contribution is -2.29. The van der Waals surface area contributed by atoms with Gasteiger partial charge in [0, 0.05) is 5.56 Å². The summed E-state index contributed by atoms with van der Waals surface area (Å²) < 4.78 is 6.72. The number of para-hydroxylation sites is 3. The Kier molecular flexibility index (Phi) is 4.33. The number of nitrogens with zero attached hydrogens (tertiary/aromatic N) is 1. The minimum atomic E-state index is -0.280. The Hall–Kier alpha value is -3.08. The monoisotopic (exact) mass is 322 g/mol. The fourth-order valence-corrected chi connectivity index (χ4v) is 2.71. The van der Waals surface area contributed by atoms with E-state index in [-0.39, 0.29) is 18.0 Å². The van der Waals surface area contributed by atoms with Crippen LogP contribution in [0.1, 0.15) is 5.56 Å². The van der Waals surface area contributed by atoms with Gasteiger partial charge < -0.3 is 10.1 Å². The lowest BCUT2D eigenvalue weighted by Gasteiger charge is -2.13. The van der Waals surface area contributed by atoms with Gasteiger partial charge in [-0.15, -0.1) is 0 Å². The smallest absolute Gasteiger partial charge is 0.254 e. The van der Waals surface area contributed by atoms with Gasteiger partial charge in [-0.3, -0.25) is 14.2 Å². The molecule has 2 aromatic carbocycles. The highest BCUT2D eigenvalue weighted by Gasteiger charge is 2.12. The van der Waals surface area contributed by atoms with Crippen molar-refractivity contribution in [3.05, 3.63) is 70.5 Å². The number of ether oxygens (including phenoxy) is 1. The van der Waals surface area contributed by atoms with E-state index in [0.717, 1.165) is 10.9 Å². The number of rotatable bonds is 4. The third-order valence-corrected chi connectivity index (χ3v) is 3.86. The largest absolute Gasteiger partial charge is 0.495 e. The number of fused-ring (bicyclic) bond motifs is 1. The van der Waals surface area contributed by atoms with E-state index in [0.29, 0.717) is 17.0 Å². The Bertz CT molecular complexity index is 960. The molecule has 0 saturated carbocycles. The maximum absolute atomic E-state index is 12.5. The molecule has 0 atom stereocenters. The summed E-state index contributed by atoms with van der Waals surface area (Å²) in [5.74, 6) is 0.296. The van der Waals surface area contributed by atoms with E-state index in [9.17, 15) is 9.59 Å². The second-order valence-corrected chi connectivity index (χ2v) is 5.53. The first-order chi connectivity index (χ1) is 11.6. The van der Waals surface area contributed by atoms with Crippen molar-refractivity contribution in [2.75, 3.05) is 12.4 Å². The molecule has 0 fully saturated rings. The first-order valence-corrected chi connectivity index (χ1v) is 7.62. The topological polar surface area (TPSA) is 60.3 Å². The quantitative estimate of drug-likeness (QED) is 0.803. The van der Waals surface area contributed by atoms with Crippen LogP contribution >= 0.6 is 0 Å². The van der Waals surface area contributed by atoms with Crippen molar-refractivity contribution in [3.8, 4) is 5.75 Å². The molecule has 0 bridgehead atoms. The molecular formula is C19H18N2O3. The fourth-order valence-electron chi connectivity index (χ4n) is 2.71. The molecule has 0 aliphatic rings. The lowest BCUT2D eigenvalue weighted by molar-refractivity contribution is -0.116. The lowest BCUT2D eigenvalue weighted by atomic mass is 10.1. The number of aryl methyl sites for hydroxylation is 1. The van der Waals surface area contributed by atoms with Crippen LogP contribution in [-0.4, -0.2) is 17.6 Å². The van der Waals surface area contributed by atoms with E-state index < -0.39 is 0 Å². The SMILES string of the molecule is COc1ccccc1NC(=O)Cn1c(=O)c(C)cc2ccccc21. The molecule has 0 unspecified atom stereocenters. The van der Waals surface area contributed by atoms with Gasteiger partial charge in [0.05, 0.1) is 18.3 Å². The number of carbonyl (C=O) groups is 1. The van der Waals surface area contributed by atoms with Crippen molar-refractivity contribution in [3.63, 3.8) is 0 Å². The van der Waals surface area contributed by atoms with Crippen LogP contribution in [0.25, 0.3) is 10.9 Å². The number of hydrogen-bond donors (Lipinski definition) is 1. The minimum absolute atomic E-state index is 0.0565. The standard InChI is InChI=1S/C19H18N2O3/c1-13-11-14-7-3-5-9-16(14)21(19(13)23)12-18(22)20-15-8-4-6-10-17(15)24-2/h3-11H,12H2,1-2H3,(H,20,22). The van der Waals surface area contributed by atoms with Crippen LogP contribution in [0, 0.1) is 6.92 Å². The number of hydrogen-bond acceptors (Lipinski definition) is 3. The number of methoxy groups -OCH3 is 1. The number of carbonyl (C=O) groups excluding carboxylic acids is 1. The van der Waals surface area contributed by atoms with Gasteiger partial charge in [-0.05, 0) is 36.6 Å². The van der Waals surface area contributed by atoms with Crippen LogP contribution in [0.2, 0.25) is 0 Å². The van der Waals surface area contributed by atoms with E-state index in [1.54, 1.807) is 26.2 Å². The van der Waals surface area contributed by atoms with Gasteiger partial charge in [0.1, 0.15) is 12.3 Å². The van der Waals surface area contributed by atoms with E-state index in [4.69, 9.17) is 4.74 Å². The molecule has 1 N–H and O–H groups in total. The van der Waals surface area contributed by atoms with Crippen LogP contribution < -0.4 is 15.6 Å². The Balaban J connectivity index is 1.94. The molecule has 3 aromatic rings. The number of amides is 1. The summed E-state index contributed by atoms with van der Waals surface area (Å²) in [6.45, 7) is 1.70. The highest BCUT2D eigenvalue weighted by Crippen LogP contribution is 2.23. The zero-order valence-corrected chi connectivity index (χ0v) is 13.6. The van der Waals surface area contributed by atoms with Crippen molar-refractivity contribution in [1.82, 2.24) is 4.57 Å². The molecule has 24 heavy (non-hydrogen) atoms. The van der Waals surface area contributed by atoms with Gasteiger partial charge in [0.15, 0.2) is 0 Å². The predicted molar refractivity (Wildman–Crippen MR) is 94.6 cm³/mol. The zero-order chi connectivity index (χ0) is 17.1. The first kappa shape index (κ1) is 15.8. The average molecular weight is 322 g/mol. The van der Waals surface area contributed by atoms with E-state index in [2.05, 4.69) is 5.32 Å². The van der Waals surface area contributed by atoms with E-state index >= 15 is 0 Å². The van der Waals surface area contributed by atoms with Gasteiger partial charge in [-0.2, -0.15) is 0 Å². The summed E-state index contributed by atoms with van der Waals surface area (Å²) in [5.41, 5.74) is 1.76. The maximum atomic E-state index is 12.5. The highest BCUT2D eigenvalue weighted by molar-refractivity contribution is 5.93. The molecule has 0 saturated heterocycles. The van der Waals surface area contributed by atoms with Crippen molar-refractivity contribution in [2.45, 2.75) is 13.5 Å². The highest BCUT2D eigenvalue weighted by atomic mass is 16.5. The second-order valence-electron chi connectivity index (χ2n) is 5.53. The van der Waals surface area contributed by atoms with Crippen LogP contribution in [0.4, 0.5) is 5.69 Å². The van der Waals surface area contributed by atoms with E-state index in [1.807, 2.05) is 42.5 Å². The third kappa shape index (κ3) is 3.01. The number of aromatic nitrogens is 1. The van der Waals surface area contributed by atoms with Gasteiger partial charge in [0.2, 0.25) is 5.91 Å². The maximum Gasteiger partial charge on any atom is 0.254 e. The van der Waals surface area contributed by atoms with Crippen LogP contribution in [0.3, 0.4) is 0 Å². The number of anilines is 1. The fraction of sp³-hybridized carbons (Fsp3) is 0.158. The molecule has 0 radical (unpaired) electrons. The third-order valence-electron chi connectivity index (χ3n) is 3.86.